The normalized spacial score (nSPS) is 14.7. The quantitative estimate of drug-likeness (QED) is 0.747. The summed E-state index contributed by atoms with van der Waals surface area (Å²) in [6.45, 7) is 7.14. The summed E-state index contributed by atoms with van der Waals surface area (Å²) >= 11 is 0. The van der Waals surface area contributed by atoms with Crippen LogP contribution in [0.5, 0.6) is 0 Å². The molecule has 2 rings (SSSR count). The van der Waals surface area contributed by atoms with Crippen LogP contribution in [0.15, 0.2) is 27.1 Å². The van der Waals surface area contributed by atoms with E-state index >= 15 is 0 Å². The highest BCUT2D eigenvalue weighted by atomic mass is 16.4. The monoisotopic (exact) mass is 260 g/mol. The molecule has 0 radical (unpaired) electrons. The third kappa shape index (κ3) is 2.35. The van der Waals surface area contributed by atoms with E-state index in [1.807, 2.05) is 0 Å². The Hall–Kier alpha value is -2.56. The molecule has 1 aliphatic rings. The van der Waals surface area contributed by atoms with Crippen LogP contribution in [0.4, 0.5) is 0 Å². The molecule has 0 fully saturated rings. The van der Waals surface area contributed by atoms with Gasteiger partial charge in [-0.25, -0.2) is 9.59 Å². The second-order valence-corrected chi connectivity index (χ2v) is 4.23. The Kier molecular flexibility index (Phi) is 3.12. The van der Waals surface area contributed by atoms with E-state index in [1.165, 1.54) is 6.08 Å². The first-order valence-electron chi connectivity index (χ1n) is 5.58. The summed E-state index contributed by atoms with van der Waals surface area (Å²) in [6, 6.07) is 0. The van der Waals surface area contributed by atoms with Crippen molar-refractivity contribution in [2.24, 2.45) is 0 Å². The number of carboxylic acids is 1. The lowest BCUT2D eigenvalue weighted by Crippen LogP contribution is -2.41. The predicted octanol–water partition coefficient (Wildman–Crippen LogP) is 0.316. The van der Waals surface area contributed by atoms with Gasteiger partial charge in [0, 0.05) is 18.1 Å². The highest BCUT2D eigenvalue weighted by molar-refractivity contribution is 5.95. The van der Waals surface area contributed by atoms with Crippen LogP contribution in [0.25, 0.3) is 18.7 Å². The van der Waals surface area contributed by atoms with Gasteiger partial charge < -0.3 is 14.6 Å². The third-order valence-electron chi connectivity index (χ3n) is 2.93. The smallest absolute Gasteiger partial charge is 0.344 e. The summed E-state index contributed by atoms with van der Waals surface area (Å²) in [5.41, 5.74) is -0.217. The number of aliphatic hydroxyl groups is 1. The van der Waals surface area contributed by atoms with Crippen molar-refractivity contribution in [1.29, 1.82) is 0 Å². The molecular formula is C14H12O5. The number of carboxylic acid groups (broad SMARTS) is 1. The molecule has 19 heavy (non-hydrogen) atoms. The predicted molar refractivity (Wildman–Crippen MR) is 69.9 cm³/mol. The van der Waals surface area contributed by atoms with Crippen LogP contribution in [-0.4, -0.2) is 16.2 Å². The number of fused-ring (bicyclic) bond motifs is 1. The van der Waals surface area contributed by atoms with Crippen LogP contribution < -0.4 is 16.1 Å². The number of aliphatic hydroxyl groups excluding tert-OH is 1. The zero-order valence-electron chi connectivity index (χ0n) is 10.1. The first-order chi connectivity index (χ1) is 8.90. The molecule has 2 N–H and O–H groups in total. The fourth-order valence-electron chi connectivity index (χ4n) is 1.90. The molecule has 0 unspecified atom stereocenters. The lowest BCUT2D eigenvalue weighted by Gasteiger charge is -2.11. The molecule has 0 bridgehead atoms. The molecule has 0 saturated heterocycles. The van der Waals surface area contributed by atoms with Crippen LogP contribution in [0.2, 0.25) is 0 Å². The largest absolute Gasteiger partial charge is 0.512 e. The fourth-order valence-corrected chi connectivity index (χ4v) is 1.90. The van der Waals surface area contributed by atoms with E-state index in [4.69, 9.17) is 9.52 Å². The van der Waals surface area contributed by atoms with Gasteiger partial charge in [0.05, 0.1) is 16.6 Å². The van der Waals surface area contributed by atoms with Gasteiger partial charge in [-0.3, -0.25) is 0 Å². The lowest BCUT2D eigenvalue weighted by atomic mass is 9.99. The Morgan fingerprint density at radius 2 is 2.11 bits per heavy atom. The third-order valence-corrected chi connectivity index (χ3v) is 2.93. The van der Waals surface area contributed by atoms with Gasteiger partial charge in [0.25, 0.3) is 0 Å². The maximum absolute atomic E-state index is 11.8. The van der Waals surface area contributed by atoms with Gasteiger partial charge in [-0.2, -0.15) is 0 Å². The number of hydrogen-bond acceptors (Lipinski definition) is 4. The van der Waals surface area contributed by atoms with E-state index in [9.17, 15) is 14.7 Å². The van der Waals surface area contributed by atoms with E-state index < -0.39 is 11.6 Å². The van der Waals surface area contributed by atoms with Crippen LogP contribution in [-0.2, 0) is 11.2 Å². The second-order valence-electron chi connectivity index (χ2n) is 4.23. The summed E-state index contributed by atoms with van der Waals surface area (Å²) in [6.07, 6.45) is 3.45. The molecule has 1 heterocycles. The van der Waals surface area contributed by atoms with Crippen LogP contribution in [0.3, 0.4) is 0 Å². The number of carbonyl (C=O) groups is 1. The van der Waals surface area contributed by atoms with E-state index in [1.54, 1.807) is 0 Å². The van der Waals surface area contributed by atoms with Gasteiger partial charge in [0.15, 0.2) is 0 Å². The van der Waals surface area contributed by atoms with Crippen molar-refractivity contribution in [1.82, 2.24) is 0 Å². The molecule has 1 aliphatic carbocycles. The van der Waals surface area contributed by atoms with Gasteiger partial charge in [-0.1, -0.05) is 13.2 Å². The number of allylic oxidation sites excluding steroid dienone is 1. The van der Waals surface area contributed by atoms with Crippen LogP contribution >= 0.6 is 0 Å². The lowest BCUT2D eigenvalue weighted by molar-refractivity contribution is -0.132. The number of hydrogen-bond donors (Lipinski definition) is 2. The molecule has 0 spiro atoms. The molecule has 1 aromatic rings. The Balaban J connectivity index is 2.74. The molecule has 0 aromatic carbocycles. The average Bonchev–Trinajstić information content (AvgIpc) is 2.33. The zero-order valence-corrected chi connectivity index (χ0v) is 10.1. The molecule has 0 amide bonds. The Morgan fingerprint density at radius 3 is 2.74 bits per heavy atom. The maximum atomic E-state index is 11.8. The van der Waals surface area contributed by atoms with Gasteiger partial charge in [-0.05, 0) is 17.7 Å². The first-order valence-corrected chi connectivity index (χ1v) is 5.58. The topological polar surface area (TPSA) is 87.7 Å². The van der Waals surface area contributed by atoms with Crippen molar-refractivity contribution >= 4 is 24.7 Å². The molecule has 0 atom stereocenters. The fraction of sp³-hybridized carbons (Fsp3) is 0.143. The number of aliphatic carboxylic acids is 1. The molecule has 1 aromatic heterocycles. The number of rotatable bonds is 2. The molecule has 0 saturated carbocycles. The molecule has 98 valence electrons. The summed E-state index contributed by atoms with van der Waals surface area (Å²) in [4.78, 5) is 22.5. The summed E-state index contributed by atoms with van der Waals surface area (Å²) in [5.74, 6) is -0.798. The highest BCUT2D eigenvalue weighted by Crippen LogP contribution is 2.17. The molecule has 5 nitrogen and oxygen atoms in total. The van der Waals surface area contributed by atoms with Crippen molar-refractivity contribution in [2.75, 3.05) is 0 Å². The Labute approximate surface area is 108 Å². The van der Waals surface area contributed by atoms with Gasteiger partial charge in [0.2, 0.25) is 0 Å². The van der Waals surface area contributed by atoms with Crippen molar-refractivity contribution in [3.63, 3.8) is 0 Å². The first kappa shape index (κ1) is 12.9. The second kappa shape index (κ2) is 4.61. The van der Waals surface area contributed by atoms with E-state index in [0.717, 1.165) is 6.08 Å². The highest BCUT2D eigenvalue weighted by Gasteiger charge is 2.15. The molecule has 5 heteroatoms. The van der Waals surface area contributed by atoms with Crippen molar-refractivity contribution < 1.29 is 19.4 Å². The van der Waals surface area contributed by atoms with Crippen molar-refractivity contribution in [3.8, 4) is 0 Å². The van der Waals surface area contributed by atoms with Gasteiger partial charge >= 0.3 is 11.6 Å². The summed E-state index contributed by atoms with van der Waals surface area (Å²) in [7, 11) is 0. The minimum atomic E-state index is -1.21. The van der Waals surface area contributed by atoms with Crippen LogP contribution in [0, 0.1) is 0 Å². The van der Waals surface area contributed by atoms with Crippen LogP contribution in [0.1, 0.15) is 17.7 Å². The zero-order chi connectivity index (χ0) is 14.2. The standard InChI is InChI=1S/C14H12O5/c1-7(13(16)17)5-11-8(2)10-4-3-9(15)6-12(10)19-14(11)18/h5-6,15H,1-4H2,(H,16,17)/b11-5+. The minimum Gasteiger partial charge on any atom is -0.512 e. The Bertz CT molecular complexity index is 764. The van der Waals surface area contributed by atoms with Gasteiger partial charge in [-0.15, -0.1) is 0 Å². The molecular weight excluding hydrogens is 248 g/mol. The summed E-state index contributed by atoms with van der Waals surface area (Å²) < 4.78 is 5.07. The molecule has 0 aliphatic heterocycles. The van der Waals surface area contributed by atoms with E-state index in [0.29, 0.717) is 23.6 Å². The maximum Gasteiger partial charge on any atom is 0.344 e. The van der Waals surface area contributed by atoms with Gasteiger partial charge in [0.1, 0.15) is 5.76 Å². The van der Waals surface area contributed by atoms with E-state index in [-0.39, 0.29) is 22.3 Å². The van der Waals surface area contributed by atoms with Crippen molar-refractivity contribution in [2.45, 2.75) is 12.8 Å². The van der Waals surface area contributed by atoms with Crippen molar-refractivity contribution in [3.05, 3.63) is 50.1 Å². The Morgan fingerprint density at radius 1 is 1.42 bits per heavy atom. The van der Waals surface area contributed by atoms with E-state index in [2.05, 4.69) is 13.2 Å². The summed E-state index contributed by atoms with van der Waals surface area (Å²) in [5, 5.41) is 18.7. The average molecular weight is 260 g/mol. The SMILES string of the molecule is C=C(/C=c1/c(=O)oc2c(c1=C)CCC(O)=C2)C(=O)O. The minimum absolute atomic E-state index is 0.0842.